The number of nitrogens with zero attached hydrogens (tertiary/aromatic N) is 3. The Morgan fingerprint density at radius 2 is 1.88 bits per heavy atom. The Morgan fingerprint density at radius 1 is 1.06 bits per heavy atom. The highest BCUT2D eigenvalue weighted by atomic mass is 15.1. The minimum atomic E-state index is 0.895. The van der Waals surface area contributed by atoms with Crippen molar-refractivity contribution in [2.75, 3.05) is 0 Å². The summed E-state index contributed by atoms with van der Waals surface area (Å²) in [5, 5.41) is 0. The quantitative estimate of drug-likeness (QED) is 0.668. The van der Waals surface area contributed by atoms with Gasteiger partial charge in [0, 0.05) is 12.7 Å². The van der Waals surface area contributed by atoms with Crippen LogP contribution >= 0.6 is 0 Å². The van der Waals surface area contributed by atoms with Crippen molar-refractivity contribution >= 4 is 11.0 Å². The van der Waals surface area contributed by atoms with Gasteiger partial charge in [-0.05, 0) is 31.2 Å². The largest absolute Gasteiger partial charge is 0.323 e. The summed E-state index contributed by atoms with van der Waals surface area (Å²) in [5.41, 5.74) is 3.11. The van der Waals surface area contributed by atoms with Gasteiger partial charge >= 0.3 is 0 Å². The first kappa shape index (κ1) is 10.0. The number of hydrogen-bond donors (Lipinski definition) is 0. The zero-order valence-electron chi connectivity index (χ0n) is 9.67. The third kappa shape index (κ3) is 1.60. The number of aryl methyl sites for hydroxylation is 1. The van der Waals surface area contributed by atoms with E-state index in [1.807, 2.05) is 36.4 Å². The normalized spacial score (nSPS) is 10.9. The van der Waals surface area contributed by atoms with Crippen molar-refractivity contribution in [2.24, 2.45) is 0 Å². The lowest BCUT2D eigenvalue weighted by Gasteiger charge is -2.04. The summed E-state index contributed by atoms with van der Waals surface area (Å²) >= 11 is 0. The van der Waals surface area contributed by atoms with Crippen LogP contribution < -0.4 is 0 Å². The first-order valence-electron chi connectivity index (χ1n) is 5.77. The molecule has 0 fully saturated rings. The molecule has 0 N–H and O–H groups in total. The van der Waals surface area contributed by atoms with Gasteiger partial charge in [-0.25, -0.2) is 4.98 Å². The second kappa shape index (κ2) is 4.01. The fraction of sp³-hybridized carbons (Fsp3) is 0.143. The maximum absolute atomic E-state index is 4.65. The lowest BCUT2D eigenvalue weighted by atomic mass is 10.3. The number of pyridine rings is 1. The maximum atomic E-state index is 4.65. The van der Waals surface area contributed by atoms with Gasteiger partial charge in [0.1, 0.15) is 5.69 Å². The molecule has 0 aliphatic rings. The molecule has 3 rings (SSSR count). The Labute approximate surface area is 99.8 Å². The Morgan fingerprint density at radius 3 is 2.65 bits per heavy atom. The second-order valence-electron chi connectivity index (χ2n) is 3.88. The molecule has 2 heterocycles. The summed E-state index contributed by atoms with van der Waals surface area (Å²) < 4.78 is 2.19. The van der Waals surface area contributed by atoms with E-state index in [1.165, 1.54) is 0 Å². The summed E-state index contributed by atoms with van der Waals surface area (Å²) in [7, 11) is 0. The standard InChI is InChI=1S/C14H13N3/c1-2-17-13-9-4-3-7-11(13)16-14(17)12-8-5-6-10-15-12/h3-10H,2H2,1H3. The van der Waals surface area contributed by atoms with Gasteiger partial charge in [0.15, 0.2) is 5.82 Å². The number of benzene rings is 1. The first-order valence-corrected chi connectivity index (χ1v) is 5.77. The van der Waals surface area contributed by atoms with E-state index < -0.39 is 0 Å². The lowest BCUT2D eigenvalue weighted by Crippen LogP contribution is -1.98. The number of fused-ring (bicyclic) bond motifs is 1. The molecule has 0 aliphatic heterocycles. The number of imidazole rings is 1. The summed E-state index contributed by atoms with van der Waals surface area (Å²) in [6.45, 7) is 3.02. The van der Waals surface area contributed by atoms with Crippen LogP contribution in [0.15, 0.2) is 48.7 Å². The fourth-order valence-electron chi connectivity index (χ4n) is 2.09. The van der Waals surface area contributed by atoms with Gasteiger partial charge in [0.2, 0.25) is 0 Å². The first-order chi connectivity index (χ1) is 8.40. The molecule has 0 saturated heterocycles. The molecule has 3 nitrogen and oxygen atoms in total. The van der Waals surface area contributed by atoms with Crippen LogP contribution in [0.1, 0.15) is 6.92 Å². The zero-order chi connectivity index (χ0) is 11.7. The van der Waals surface area contributed by atoms with Gasteiger partial charge in [-0.1, -0.05) is 18.2 Å². The van der Waals surface area contributed by atoms with Crippen LogP contribution in [-0.2, 0) is 6.54 Å². The van der Waals surface area contributed by atoms with E-state index in [1.54, 1.807) is 6.20 Å². The van der Waals surface area contributed by atoms with Crippen molar-refractivity contribution < 1.29 is 0 Å². The molecule has 0 atom stereocenters. The van der Waals surface area contributed by atoms with Crippen LogP contribution in [-0.4, -0.2) is 14.5 Å². The molecular weight excluding hydrogens is 210 g/mol. The molecule has 17 heavy (non-hydrogen) atoms. The van der Waals surface area contributed by atoms with Crippen LogP contribution in [0.4, 0.5) is 0 Å². The third-order valence-corrected chi connectivity index (χ3v) is 2.86. The van der Waals surface area contributed by atoms with Crippen LogP contribution in [0.5, 0.6) is 0 Å². The number of rotatable bonds is 2. The molecule has 0 aliphatic carbocycles. The van der Waals surface area contributed by atoms with Crippen LogP contribution in [0.2, 0.25) is 0 Å². The summed E-state index contributed by atoms with van der Waals surface area (Å²) in [5.74, 6) is 0.939. The molecule has 3 aromatic rings. The average Bonchev–Trinajstić information content (AvgIpc) is 2.78. The van der Waals surface area contributed by atoms with Crippen LogP contribution in [0.3, 0.4) is 0 Å². The second-order valence-corrected chi connectivity index (χ2v) is 3.88. The Bertz CT molecular complexity index is 641. The van der Waals surface area contributed by atoms with E-state index in [9.17, 15) is 0 Å². The van der Waals surface area contributed by atoms with Crippen molar-refractivity contribution in [2.45, 2.75) is 13.5 Å². The van der Waals surface area contributed by atoms with Crippen molar-refractivity contribution in [1.29, 1.82) is 0 Å². The topological polar surface area (TPSA) is 30.7 Å². The average molecular weight is 223 g/mol. The van der Waals surface area contributed by atoms with Gasteiger partial charge in [0.25, 0.3) is 0 Å². The van der Waals surface area contributed by atoms with Crippen molar-refractivity contribution in [3.8, 4) is 11.5 Å². The minimum absolute atomic E-state index is 0.895. The summed E-state index contributed by atoms with van der Waals surface area (Å²) in [4.78, 5) is 9.02. The van der Waals surface area contributed by atoms with Crippen LogP contribution in [0.25, 0.3) is 22.6 Å². The lowest BCUT2D eigenvalue weighted by molar-refractivity contribution is 0.793. The van der Waals surface area contributed by atoms with Crippen LogP contribution in [0, 0.1) is 0 Å². The van der Waals surface area contributed by atoms with E-state index in [-0.39, 0.29) is 0 Å². The highest BCUT2D eigenvalue weighted by Crippen LogP contribution is 2.22. The van der Waals surface area contributed by atoms with Gasteiger partial charge in [-0.15, -0.1) is 0 Å². The predicted octanol–water partition coefficient (Wildman–Crippen LogP) is 3.12. The van der Waals surface area contributed by atoms with Gasteiger partial charge < -0.3 is 4.57 Å². The molecule has 0 spiro atoms. The van der Waals surface area contributed by atoms with E-state index in [0.717, 1.165) is 29.1 Å². The summed E-state index contributed by atoms with van der Waals surface area (Å²) in [6, 6.07) is 14.1. The predicted molar refractivity (Wildman–Crippen MR) is 68.6 cm³/mol. The van der Waals surface area contributed by atoms with E-state index in [4.69, 9.17) is 0 Å². The SMILES string of the molecule is CCn1c(-c2ccccn2)nc2ccccc21. The number of aromatic nitrogens is 3. The van der Waals surface area contributed by atoms with Gasteiger partial charge in [-0.2, -0.15) is 0 Å². The molecule has 1 aromatic carbocycles. The molecule has 0 saturated carbocycles. The van der Waals surface area contributed by atoms with Crippen molar-refractivity contribution in [3.63, 3.8) is 0 Å². The van der Waals surface area contributed by atoms with E-state index in [0.29, 0.717) is 0 Å². The third-order valence-electron chi connectivity index (χ3n) is 2.86. The van der Waals surface area contributed by atoms with Crippen molar-refractivity contribution in [1.82, 2.24) is 14.5 Å². The van der Waals surface area contributed by atoms with Gasteiger partial charge in [0.05, 0.1) is 11.0 Å². The maximum Gasteiger partial charge on any atom is 0.159 e. The molecule has 84 valence electrons. The molecule has 0 radical (unpaired) electrons. The summed E-state index contributed by atoms with van der Waals surface area (Å²) in [6.07, 6.45) is 1.80. The minimum Gasteiger partial charge on any atom is -0.323 e. The smallest absolute Gasteiger partial charge is 0.159 e. The number of para-hydroxylation sites is 2. The van der Waals surface area contributed by atoms with E-state index in [2.05, 4.69) is 27.5 Å². The Hall–Kier alpha value is -2.16. The monoisotopic (exact) mass is 223 g/mol. The Kier molecular flexibility index (Phi) is 2.37. The molecule has 3 heteroatoms. The van der Waals surface area contributed by atoms with Crippen molar-refractivity contribution in [3.05, 3.63) is 48.7 Å². The fourth-order valence-corrected chi connectivity index (χ4v) is 2.09. The molecule has 0 bridgehead atoms. The molecule has 0 amide bonds. The molecule has 2 aromatic heterocycles. The van der Waals surface area contributed by atoms with Gasteiger partial charge in [-0.3, -0.25) is 4.98 Å². The Balaban J connectivity index is 2.30. The zero-order valence-corrected chi connectivity index (χ0v) is 9.67. The highest BCUT2D eigenvalue weighted by Gasteiger charge is 2.10. The highest BCUT2D eigenvalue weighted by molar-refractivity contribution is 5.79. The molecule has 0 unspecified atom stereocenters. The van der Waals surface area contributed by atoms with E-state index >= 15 is 0 Å². The number of hydrogen-bond acceptors (Lipinski definition) is 2. The molecular formula is C14H13N3.